The van der Waals surface area contributed by atoms with Gasteiger partial charge in [-0.05, 0) is 35.4 Å². The van der Waals surface area contributed by atoms with E-state index in [9.17, 15) is 26.4 Å². The van der Waals surface area contributed by atoms with Gasteiger partial charge in [0.25, 0.3) is 0 Å². The van der Waals surface area contributed by atoms with Crippen LogP contribution in [0.2, 0.25) is 0 Å². The summed E-state index contributed by atoms with van der Waals surface area (Å²) in [6.07, 6.45) is -1.09. The summed E-state index contributed by atoms with van der Waals surface area (Å²) in [7, 11) is -3.37. The van der Waals surface area contributed by atoms with E-state index in [2.05, 4.69) is 4.98 Å². The molecule has 0 saturated heterocycles. The fraction of sp³-hybridized carbons (Fsp3) is 0.125. The number of sulfone groups is 1. The maximum atomic E-state index is 12.3. The van der Waals surface area contributed by atoms with Gasteiger partial charge in [-0.15, -0.1) is 0 Å². The molecule has 6 nitrogen and oxygen atoms in total. The molecule has 10 heteroatoms. The molecule has 0 fully saturated rings. The van der Waals surface area contributed by atoms with Crippen molar-refractivity contribution in [2.24, 2.45) is 0 Å². The highest BCUT2D eigenvalue weighted by molar-refractivity contribution is 7.90. The fourth-order valence-corrected chi connectivity index (χ4v) is 2.98. The van der Waals surface area contributed by atoms with Crippen molar-refractivity contribution in [2.45, 2.75) is 11.1 Å². The first-order valence-electron chi connectivity index (χ1n) is 7.21. The molecule has 0 radical (unpaired) electrons. The van der Waals surface area contributed by atoms with E-state index in [-0.39, 0.29) is 10.7 Å². The molecular formula is C16H12F3N3O3S. The molecule has 3 aromatic rings. The Morgan fingerprint density at radius 1 is 1.12 bits per heavy atom. The number of hydrogen-bond acceptors (Lipinski definition) is 4. The number of benzene rings is 1. The van der Waals surface area contributed by atoms with Gasteiger partial charge in [-0.25, -0.2) is 13.4 Å². The molecule has 0 aliphatic carbocycles. The molecule has 0 atom stereocenters. The summed E-state index contributed by atoms with van der Waals surface area (Å²) in [5.41, 5.74) is 1.57. The van der Waals surface area contributed by atoms with Gasteiger partial charge < -0.3 is 9.72 Å². The average molecular weight is 383 g/mol. The first kappa shape index (κ1) is 17.9. The number of amides is 1. The van der Waals surface area contributed by atoms with Crippen LogP contribution < -0.4 is 5.32 Å². The molecule has 1 N–H and O–H groups in total. The number of anilines is 1. The highest BCUT2D eigenvalue weighted by Crippen LogP contribution is 2.24. The molecule has 26 heavy (non-hydrogen) atoms. The molecule has 0 unspecified atom stereocenters. The standard InChI is InChI=1S/C16H12F3N3O3S/c1-26(24,25)12-4-2-3-10(7-12)11-5-6-14-20-13(9-22(14)8-11)21-15(23)16(17,18)19/h2-9H,1H3,(H,21,23). The number of carbonyl (C=O) groups is 1. The second-order valence-electron chi connectivity index (χ2n) is 5.56. The summed E-state index contributed by atoms with van der Waals surface area (Å²) in [5, 5.41) is 1.68. The van der Waals surface area contributed by atoms with E-state index in [0.29, 0.717) is 16.8 Å². The Kier molecular flexibility index (Phi) is 4.23. The minimum Gasteiger partial charge on any atom is -0.304 e. The third kappa shape index (κ3) is 3.69. The average Bonchev–Trinajstić information content (AvgIpc) is 2.94. The van der Waals surface area contributed by atoms with Gasteiger partial charge in [0.05, 0.1) is 11.1 Å². The van der Waals surface area contributed by atoms with Gasteiger partial charge in [-0.3, -0.25) is 4.79 Å². The lowest BCUT2D eigenvalue weighted by Crippen LogP contribution is -2.30. The van der Waals surface area contributed by atoms with Crippen LogP contribution in [0.4, 0.5) is 19.0 Å². The second-order valence-corrected chi connectivity index (χ2v) is 7.58. The van der Waals surface area contributed by atoms with Crippen LogP contribution in [-0.4, -0.2) is 36.1 Å². The van der Waals surface area contributed by atoms with Crippen LogP contribution in [-0.2, 0) is 14.6 Å². The number of rotatable bonds is 3. The van der Waals surface area contributed by atoms with Crippen molar-refractivity contribution in [1.82, 2.24) is 9.38 Å². The molecule has 1 amide bonds. The lowest BCUT2D eigenvalue weighted by molar-refractivity contribution is -0.167. The van der Waals surface area contributed by atoms with E-state index in [1.807, 2.05) is 0 Å². The van der Waals surface area contributed by atoms with Crippen LogP contribution in [0.5, 0.6) is 0 Å². The number of carbonyl (C=O) groups excluding carboxylic acids is 1. The van der Waals surface area contributed by atoms with Gasteiger partial charge in [-0.2, -0.15) is 13.2 Å². The number of halogens is 3. The number of nitrogens with one attached hydrogen (secondary N) is 1. The Balaban J connectivity index is 1.97. The van der Waals surface area contributed by atoms with Gasteiger partial charge in [-0.1, -0.05) is 12.1 Å². The van der Waals surface area contributed by atoms with Crippen LogP contribution in [0.15, 0.2) is 53.7 Å². The van der Waals surface area contributed by atoms with Crippen molar-refractivity contribution in [1.29, 1.82) is 0 Å². The molecule has 0 saturated carbocycles. The number of pyridine rings is 1. The van der Waals surface area contributed by atoms with Crippen LogP contribution in [0.25, 0.3) is 16.8 Å². The van der Waals surface area contributed by atoms with Crippen LogP contribution in [0.3, 0.4) is 0 Å². The zero-order valence-electron chi connectivity index (χ0n) is 13.3. The highest BCUT2D eigenvalue weighted by atomic mass is 32.2. The zero-order chi connectivity index (χ0) is 19.1. The van der Waals surface area contributed by atoms with E-state index < -0.39 is 21.9 Å². The lowest BCUT2D eigenvalue weighted by atomic mass is 10.1. The third-order valence-corrected chi connectivity index (χ3v) is 4.66. The smallest absolute Gasteiger partial charge is 0.304 e. The van der Waals surface area contributed by atoms with Crippen LogP contribution >= 0.6 is 0 Å². The molecule has 0 aliphatic heterocycles. The topological polar surface area (TPSA) is 80.5 Å². The van der Waals surface area contributed by atoms with Crippen LogP contribution in [0.1, 0.15) is 0 Å². The zero-order valence-corrected chi connectivity index (χ0v) is 14.1. The molecule has 2 heterocycles. The van der Waals surface area contributed by atoms with Crippen molar-refractivity contribution in [3.63, 3.8) is 0 Å². The molecule has 2 aromatic heterocycles. The Morgan fingerprint density at radius 3 is 2.50 bits per heavy atom. The first-order valence-corrected chi connectivity index (χ1v) is 9.10. The van der Waals surface area contributed by atoms with E-state index in [1.165, 1.54) is 22.7 Å². The third-order valence-electron chi connectivity index (χ3n) is 3.55. The summed E-state index contributed by atoms with van der Waals surface area (Å²) < 4.78 is 61.7. The van der Waals surface area contributed by atoms with E-state index >= 15 is 0 Å². The quantitative estimate of drug-likeness (QED) is 0.754. The first-order chi connectivity index (χ1) is 12.0. The van der Waals surface area contributed by atoms with Crippen molar-refractivity contribution < 1.29 is 26.4 Å². The lowest BCUT2D eigenvalue weighted by Gasteiger charge is -2.05. The van der Waals surface area contributed by atoms with Gasteiger partial charge in [0.1, 0.15) is 5.65 Å². The minimum absolute atomic E-state index is 0.152. The normalized spacial score (nSPS) is 12.3. The number of fused-ring (bicyclic) bond motifs is 1. The van der Waals surface area contributed by atoms with E-state index in [4.69, 9.17) is 0 Å². The Hall–Kier alpha value is -2.88. The minimum atomic E-state index is -5.01. The van der Waals surface area contributed by atoms with Crippen LogP contribution in [0, 0.1) is 0 Å². The van der Waals surface area contributed by atoms with E-state index in [1.54, 1.807) is 35.8 Å². The maximum absolute atomic E-state index is 12.3. The SMILES string of the molecule is CS(=O)(=O)c1cccc(-c2ccc3nc(NC(=O)C(F)(F)F)cn3c2)c1. The second kappa shape index (κ2) is 6.13. The molecule has 3 rings (SSSR count). The highest BCUT2D eigenvalue weighted by Gasteiger charge is 2.39. The van der Waals surface area contributed by atoms with Crippen molar-refractivity contribution >= 4 is 27.2 Å². The van der Waals surface area contributed by atoms with Crippen molar-refractivity contribution in [2.75, 3.05) is 11.6 Å². The largest absolute Gasteiger partial charge is 0.471 e. The molecule has 0 aliphatic rings. The van der Waals surface area contributed by atoms with E-state index in [0.717, 1.165) is 6.26 Å². The molecular weight excluding hydrogens is 371 g/mol. The predicted molar refractivity (Wildman–Crippen MR) is 88.4 cm³/mol. The molecule has 0 bridgehead atoms. The Bertz CT molecular complexity index is 1100. The Morgan fingerprint density at radius 2 is 1.85 bits per heavy atom. The summed E-state index contributed by atoms with van der Waals surface area (Å²) in [6.45, 7) is 0. The predicted octanol–water partition coefficient (Wildman–Crippen LogP) is 2.91. The number of nitrogens with zero attached hydrogens (tertiary/aromatic N) is 2. The molecule has 136 valence electrons. The van der Waals surface area contributed by atoms with Gasteiger partial charge in [0, 0.05) is 12.5 Å². The fourth-order valence-electron chi connectivity index (χ4n) is 2.32. The number of aromatic nitrogens is 2. The summed E-state index contributed by atoms with van der Waals surface area (Å²) in [5.74, 6) is -2.35. The number of hydrogen-bond donors (Lipinski definition) is 1. The maximum Gasteiger partial charge on any atom is 0.471 e. The van der Waals surface area contributed by atoms with Crippen molar-refractivity contribution in [3.05, 3.63) is 48.8 Å². The summed E-state index contributed by atoms with van der Waals surface area (Å²) in [4.78, 5) is 15.0. The number of alkyl halides is 3. The van der Waals surface area contributed by atoms with Gasteiger partial charge in [0.15, 0.2) is 15.7 Å². The number of imidazole rings is 1. The van der Waals surface area contributed by atoms with Gasteiger partial charge in [0.2, 0.25) is 0 Å². The Labute approximate surface area is 146 Å². The summed E-state index contributed by atoms with van der Waals surface area (Å²) >= 11 is 0. The van der Waals surface area contributed by atoms with Gasteiger partial charge >= 0.3 is 12.1 Å². The molecule has 0 spiro atoms. The summed E-state index contributed by atoms with van der Waals surface area (Å²) in [6, 6.07) is 9.47. The molecule has 1 aromatic carbocycles. The van der Waals surface area contributed by atoms with Crippen molar-refractivity contribution in [3.8, 4) is 11.1 Å². The monoisotopic (exact) mass is 383 g/mol.